The molecule has 0 aliphatic carbocycles. The predicted molar refractivity (Wildman–Crippen MR) is 154 cm³/mol. The minimum Gasteiger partial charge on any atom is -0.490 e. The van der Waals surface area contributed by atoms with Crippen LogP contribution in [-0.2, 0) is 17.8 Å². The first-order valence-electron chi connectivity index (χ1n) is 11.6. The summed E-state index contributed by atoms with van der Waals surface area (Å²) >= 11 is 9.76. The molecule has 1 saturated heterocycles. The second kappa shape index (κ2) is 12.7. The summed E-state index contributed by atoms with van der Waals surface area (Å²) in [5, 5.41) is 0.118. The van der Waals surface area contributed by atoms with Gasteiger partial charge in [-0.15, -0.1) is 0 Å². The lowest BCUT2D eigenvalue weighted by Crippen LogP contribution is -2.29. The van der Waals surface area contributed by atoms with E-state index in [2.05, 4.69) is 22.6 Å². The van der Waals surface area contributed by atoms with Gasteiger partial charge in [0.2, 0.25) is 0 Å². The maximum Gasteiger partial charge on any atom is 0.293 e. The third-order valence-electron chi connectivity index (χ3n) is 5.49. The molecule has 0 saturated carbocycles. The molecule has 0 N–H and O–H groups in total. The Hall–Kier alpha value is -2.49. The molecular formula is C28H25ClINO4S. The van der Waals surface area contributed by atoms with Gasteiger partial charge in [0.15, 0.2) is 11.5 Å². The van der Waals surface area contributed by atoms with Gasteiger partial charge in [-0.25, -0.2) is 0 Å². The van der Waals surface area contributed by atoms with Crippen LogP contribution >= 0.6 is 46.0 Å². The first-order valence-corrected chi connectivity index (χ1v) is 13.8. The Kier molecular flexibility index (Phi) is 9.34. The predicted octanol–water partition coefficient (Wildman–Crippen LogP) is 7.59. The van der Waals surface area contributed by atoms with Crippen molar-refractivity contribution >= 4 is 63.2 Å². The second-order valence-corrected chi connectivity index (χ2v) is 10.7. The Balaban J connectivity index is 1.46. The number of carbonyl (C=O) groups excluding carboxylic acids is 2. The summed E-state index contributed by atoms with van der Waals surface area (Å²) in [4.78, 5) is 27.1. The van der Waals surface area contributed by atoms with Crippen LogP contribution < -0.4 is 9.47 Å². The van der Waals surface area contributed by atoms with Crippen LogP contribution in [0.1, 0.15) is 30.0 Å². The average Bonchev–Trinajstić information content (AvgIpc) is 3.13. The summed E-state index contributed by atoms with van der Waals surface area (Å²) in [7, 11) is 0. The fourth-order valence-electron chi connectivity index (χ4n) is 3.74. The largest absolute Gasteiger partial charge is 0.490 e. The molecule has 0 unspecified atom stereocenters. The maximum absolute atomic E-state index is 12.9. The van der Waals surface area contributed by atoms with E-state index in [1.165, 1.54) is 10.5 Å². The van der Waals surface area contributed by atoms with Crippen LogP contribution in [0.15, 0.2) is 71.6 Å². The highest BCUT2D eigenvalue weighted by Gasteiger charge is 2.34. The van der Waals surface area contributed by atoms with Gasteiger partial charge in [0.1, 0.15) is 6.61 Å². The van der Waals surface area contributed by atoms with Crippen LogP contribution in [0.4, 0.5) is 4.79 Å². The zero-order valence-corrected chi connectivity index (χ0v) is 23.4. The van der Waals surface area contributed by atoms with Crippen LogP contribution in [0.3, 0.4) is 0 Å². The standard InChI is InChI=1S/C28H25ClINO4S/c1-2-34-24-16-21(15-23(29)26(24)35-18-20-10-12-22(30)13-11-20)17-25-27(32)31(28(33)36-25)14-6-9-19-7-4-3-5-8-19/h3-5,7-8,10-13,15-17H,2,6,9,14,18H2,1H3/b25-17+. The summed E-state index contributed by atoms with van der Waals surface area (Å²) in [5.74, 6) is 0.651. The number of hydrogen-bond donors (Lipinski definition) is 0. The van der Waals surface area contributed by atoms with E-state index >= 15 is 0 Å². The third-order valence-corrected chi connectivity index (χ3v) is 7.40. The Labute approximate surface area is 233 Å². The molecule has 2 amide bonds. The van der Waals surface area contributed by atoms with Crippen LogP contribution in [0.25, 0.3) is 6.08 Å². The van der Waals surface area contributed by atoms with E-state index in [0.717, 1.165) is 27.3 Å². The monoisotopic (exact) mass is 633 g/mol. The zero-order chi connectivity index (χ0) is 25.5. The van der Waals surface area contributed by atoms with Gasteiger partial charge in [-0.05, 0) is 101 Å². The molecule has 0 radical (unpaired) electrons. The summed E-state index contributed by atoms with van der Waals surface area (Å²) in [6.07, 6.45) is 3.19. The van der Waals surface area contributed by atoms with Crippen molar-refractivity contribution < 1.29 is 19.1 Å². The zero-order valence-electron chi connectivity index (χ0n) is 19.7. The van der Waals surface area contributed by atoms with Crippen LogP contribution in [0, 0.1) is 3.57 Å². The number of aryl methyl sites for hydroxylation is 1. The fraction of sp³-hybridized carbons (Fsp3) is 0.214. The first kappa shape index (κ1) is 26.6. The highest BCUT2D eigenvalue weighted by Crippen LogP contribution is 2.39. The number of imide groups is 1. The van der Waals surface area contributed by atoms with Crippen molar-refractivity contribution in [2.45, 2.75) is 26.4 Å². The molecule has 0 aromatic heterocycles. The van der Waals surface area contributed by atoms with Crippen LogP contribution in [-0.4, -0.2) is 29.2 Å². The molecule has 36 heavy (non-hydrogen) atoms. The lowest BCUT2D eigenvalue weighted by Gasteiger charge is -2.15. The molecule has 5 nitrogen and oxygen atoms in total. The number of hydrogen-bond acceptors (Lipinski definition) is 5. The molecule has 1 heterocycles. The van der Waals surface area contributed by atoms with Gasteiger partial charge < -0.3 is 9.47 Å². The van der Waals surface area contributed by atoms with Crippen LogP contribution in [0.2, 0.25) is 5.02 Å². The van der Waals surface area contributed by atoms with E-state index in [9.17, 15) is 9.59 Å². The van der Waals surface area contributed by atoms with Gasteiger partial charge in [0, 0.05) is 10.1 Å². The summed E-state index contributed by atoms with van der Waals surface area (Å²) in [6, 6.07) is 21.6. The van der Waals surface area contributed by atoms with E-state index in [0.29, 0.717) is 53.2 Å². The van der Waals surface area contributed by atoms with E-state index in [1.807, 2.05) is 61.5 Å². The molecule has 186 valence electrons. The lowest BCUT2D eigenvalue weighted by atomic mass is 10.1. The van der Waals surface area contributed by atoms with E-state index in [1.54, 1.807) is 18.2 Å². The van der Waals surface area contributed by atoms with Crippen molar-refractivity contribution in [2.24, 2.45) is 0 Å². The molecular weight excluding hydrogens is 609 g/mol. The second-order valence-electron chi connectivity index (χ2n) is 8.10. The molecule has 0 spiro atoms. The van der Waals surface area contributed by atoms with Gasteiger partial charge in [-0.2, -0.15) is 0 Å². The maximum atomic E-state index is 12.9. The van der Waals surface area contributed by atoms with Crippen molar-refractivity contribution in [3.63, 3.8) is 0 Å². The summed E-state index contributed by atoms with van der Waals surface area (Å²) < 4.78 is 12.9. The number of halogens is 2. The van der Waals surface area contributed by atoms with Gasteiger partial charge in [0.05, 0.1) is 16.5 Å². The minimum absolute atomic E-state index is 0.257. The quantitative estimate of drug-likeness (QED) is 0.170. The number of amides is 2. The topological polar surface area (TPSA) is 55.8 Å². The molecule has 1 fully saturated rings. The number of benzene rings is 3. The number of carbonyl (C=O) groups is 2. The molecule has 4 rings (SSSR count). The van der Waals surface area contributed by atoms with Gasteiger partial charge >= 0.3 is 0 Å². The Morgan fingerprint density at radius 1 is 1.00 bits per heavy atom. The Bertz CT molecular complexity index is 1260. The number of ether oxygens (including phenoxy) is 2. The molecule has 8 heteroatoms. The fourth-order valence-corrected chi connectivity index (χ4v) is 5.24. The third kappa shape index (κ3) is 6.83. The molecule has 3 aromatic carbocycles. The Morgan fingerprint density at radius 2 is 1.75 bits per heavy atom. The normalized spacial score (nSPS) is 14.5. The van der Waals surface area contributed by atoms with Gasteiger partial charge in [-0.3, -0.25) is 14.5 Å². The average molecular weight is 634 g/mol. The highest BCUT2D eigenvalue weighted by atomic mass is 127. The smallest absolute Gasteiger partial charge is 0.293 e. The van der Waals surface area contributed by atoms with Gasteiger partial charge in [-0.1, -0.05) is 54.1 Å². The van der Waals surface area contributed by atoms with Crippen molar-refractivity contribution in [3.8, 4) is 11.5 Å². The van der Waals surface area contributed by atoms with E-state index < -0.39 is 0 Å². The molecule has 0 atom stereocenters. The SMILES string of the molecule is CCOc1cc(/C=C2/SC(=O)N(CCCc3ccccc3)C2=O)cc(Cl)c1OCc1ccc(I)cc1. The van der Waals surface area contributed by atoms with Crippen LogP contribution in [0.5, 0.6) is 11.5 Å². The highest BCUT2D eigenvalue weighted by molar-refractivity contribution is 14.1. The number of nitrogens with zero attached hydrogens (tertiary/aromatic N) is 1. The summed E-state index contributed by atoms with van der Waals surface area (Å²) in [6.45, 7) is 3.03. The molecule has 1 aliphatic heterocycles. The minimum atomic E-state index is -0.286. The molecule has 3 aromatic rings. The van der Waals surface area contributed by atoms with Crippen molar-refractivity contribution in [1.82, 2.24) is 4.90 Å². The van der Waals surface area contributed by atoms with Crippen molar-refractivity contribution in [1.29, 1.82) is 0 Å². The number of rotatable bonds is 10. The van der Waals surface area contributed by atoms with Crippen molar-refractivity contribution in [2.75, 3.05) is 13.2 Å². The lowest BCUT2D eigenvalue weighted by molar-refractivity contribution is -0.122. The number of thioether (sulfide) groups is 1. The summed E-state index contributed by atoms with van der Waals surface area (Å²) in [5.41, 5.74) is 2.86. The molecule has 1 aliphatic rings. The van der Waals surface area contributed by atoms with E-state index in [4.69, 9.17) is 21.1 Å². The van der Waals surface area contributed by atoms with Gasteiger partial charge in [0.25, 0.3) is 11.1 Å². The Morgan fingerprint density at radius 3 is 2.47 bits per heavy atom. The van der Waals surface area contributed by atoms with Crippen molar-refractivity contribution in [3.05, 3.63) is 96.9 Å². The van der Waals surface area contributed by atoms with E-state index in [-0.39, 0.29) is 11.1 Å². The first-order chi connectivity index (χ1) is 17.4. The molecule has 0 bridgehead atoms.